The van der Waals surface area contributed by atoms with Gasteiger partial charge in [-0.05, 0) is 35.4 Å². The summed E-state index contributed by atoms with van der Waals surface area (Å²) >= 11 is 1.83. The Morgan fingerprint density at radius 2 is 2.00 bits per heavy atom. The minimum absolute atomic E-state index is 0.174. The van der Waals surface area contributed by atoms with Crippen LogP contribution < -0.4 is 11.1 Å². The van der Waals surface area contributed by atoms with Gasteiger partial charge in [0.2, 0.25) is 0 Å². The van der Waals surface area contributed by atoms with E-state index in [1.165, 1.54) is 16.0 Å². The number of nitrogens with one attached hydrogen (secondary N) is 1. The highest BCUT2D eigenvalue weighted by Gasteiger charge is 2.05. The van der Waals surface area contributed by atoms with Crippen LogP contribution in [0.15, 0.2) is 41.8 Å². The van der Waals surface area contributed by atoms with E-state index in [0.717, 1.165) is 25.9 Å². The molecule has 0 radical (unpaired) electrons. The van der Waals surface area contributed by atoms with Crippen LogP contribution in [0.1, 0.15) is 22.9 Å². The van der Waals surface area contributed by atoms with Gasteiger partial charge < -0.3 is 11.1 Å². The molecule has 0 bridgehead atoms. The summed E-state index contributed by atoms with van der Waals surface area (Å²) in [5.41, 5.74) is 8.92. The van der Waals surface area contributed by atoms with Crippen LogP contribution in [0.5, 0.6) is 0 Å². The largest absolute Gasteiger partial charge is 0.326 e. The number of aryl methyl sites for hydroxylation is 1. The van der Waals surface area contributed by atoms with E-state index in [-0.39, 0.29) is 6.04 Å². The Labute approximate surface area is 119 Å². The van der Waals surface area contributed by atoms with E-state index in [1.54, 1.807) is 0 Å². The normalized spacial score (nSPS) is 12.5. The van der Waals surface area contributed by atoms with Crippen molar-refractivity contribution in [3.05, 3.63) is 57.8 Å². The van der Waals surface area contributed by atoms with Gasteiger partial charge in [0.15, 0.2) is 0 Å². The van der Waals surface area contributed by atoms with Crippen LogP contribution in [0.3, 0.4) is 0 Å². The molecule has 2 aromatic rings. The van der Waals surface area contributed by atoms with Crippen LogP contribution in [-0.2, 0) is 19.4 Å². The van der Waals surface area contributed by atoms with Crippen molar-refractivity contribution in [1.29, 1.82) is 0 Å². The third kappa shape index (κ3) is 4.46. The molecule has 0 saturated carbocycles. The molecule has 3 heteroatoms. The van der Waals surface area contributed by atoms with Crippen LogP contribution in [0.2, 0.25) is 0 Å². The van der Waals surface area contributed by atoms with E-state index in [0.29, 0.717) is 0 Å². The molecule has 1 unspecified atom stereocenters. The number of hydrogen-bond donors (Lipinski definition) is 2. The molecule has 1 aromatic carbocycles. The Balaban J connectivity index is 1.74. The van der Waals surface area contributed by atoms with Gasteiger partial charge in [0, 0.05) is 24.0 Å². The molecule has 0 spiro atoms. The number of thiophene rings is 1. The predicted octanol–water partition coefficient (Wildman–Crippen LogP) is 2.97. The lowest BCUT2D eigenvalue weighted by molar-refractivity contribution is 0.575. The average Bonchev–Trinajstić information content (AvgIpc) is 2.87. The topological polar surface area (TPSA) is 38.0 Å². The summed E-state index contributed by atoms with van der Waals surface area (Å²) in [6.45, 7) is 3.99. The van der Waals surface area contributed by atoms with E-state index < -0.39 is 0 Å². The molecule has 2 rings (SSSR count). The fourth-order valence-corrected chi connectivity index (χ4v) is 3.14. The first-order valence-corrected chi connectivity index (χ1v) is 7.73. The zero-order chi connectivity index (χ0) is 13.5. The highest BCUT2D eigenvalue weighted by molar-refractivity contribution is 7.10. The van der Waals surface area contributed by atoms with Crippen molar-refractivity contribution in [3.8, 4) is 0 Å². The molecular weight excluding hydrogens is 252 g/mol. The second-order valence-corrected chi connectivity index (χ2v) is 5.80. The molecule has 1 atom stereocenters. The maximum absolute atomic E-state index is 6.16. The fourth-order valence-electron chi connectivity index (χ4n) is 2.20. The van der Waals surface area contributed by atoms with Crippen molar-refractivity contribution in [3.63, 3.8) is 0 Å². The van der Waals surface area contributed by atoms with Gasteiger partial charge in [-0.2, -0.15) is 0 Å². The van der Waals surface area contributed by atoms with Gasteiger partial charge in [-0.15, -0.1) is 11.3 Å². The second-order valence-electron chi connectivity index (χ2n) is 4.80. The maximum Gasteiger partial charge on any atom is 0.0303 e. The van der Waals surface area contributed by atoms with Gasteiger partial charge in [0.25, 0.3) is 0 Å². The standard InChI is InChI=1S/C16H22N2S/c1-2-14-8-9-19-16(14)12-18-11-15(17)10-13-6-4-3-5-7-13/h3-9,15,18H,2,10-12,17H2,1H3. The molecule has 1 heterocycles. The molecule has 1 aromatic heterocycles. The van der Waals surface area contributed by atoms with Crippen molar-refractivity contribution in [2.75, 3.05) is 6.54 Å². The van der Waals surface area contributed by atoms with Gasteiger partial charge in [-0.3, -0.25) is 0 Å². The Hall–Kier alpha value is -1.16. The maximum atomic E-state index is 6.16. The Kier molecular flexibility index (Phi) is 5.58. The van der Waals surface area contributed by atoms with Gasteiger partial charge in [-0.25, -0.2) is 0 Å². The molecule has 0 amide bonds. The lowest BCUT2D eigenvalue weighted by Crippen LogP contribution is -2.35. The van der Waals surface area contributed by atoms with E-state index in [2.05, 4.69) is 48.0 Å². The number of benzene rings is 1. The highest BCUT2D eigenvalue weighted by Crippen LogP contribution is 2.16. The lowest BCUT2D eigenvalue weighted by atomic mass is 10.1. The molecule has 3 N–H and O–H groups in total. The molecule has 2 nitrogen and oxygen atoms in total. The van der Waals surface area contributed by atoms with Crippen LogP contribution in [0.25, 0.3) is 0 Å². The van der Waals surface area contributed by atoms with Crippen LogP contribution in [0.4, 0.5) is 0 Å². The first kappa shape index (κ1) is 14.3. The van der Waals surface area contributed by atoms with E-state index in [9.17, 15) is 0 Å². The summed E-state index contributed by atoms with van der Waals surface area (Å²) in [5.74, 6) is 0. The van der Waals surface area contributed by atoms with Crippen molar-refractivity contribution in [1.82, 2.24) is 5.32 Å². The molecule has 0 aliphatic heterocycles. The van der Waals surface area contributed by atoms with Crippen molar-refractivity contribution in [2.45, 2.75) is 32.4 Å². The number of rotatable bonds is 7. The Bertz CT molecular complexity index is 479. The predicted molar refractivity (Wildman–Crippen MR) is 83.5 cm³/mol. The molecule has 19 heavy (non-hydrogen) atoms. The molecular formula is C16H22N2S. The SMILES string of the molecule is CCc1ccsc1CNCC(N)Cc1ccccc1. The fraction of sp³-hybridized carbons (Fsp3) is 0.375. The van der Waals surface area contributed by atoms with Crippen molar-refractivity contribution < 1.29 is 0 Å². The third-order valence-corrected chi connectivity index (χ3v) is 4.21. The van der Waals surface area contributed by atoms with Crippen LogP contribution >= 0.6 is 11.3 Å². The number of nitrogens with two attached hydrogens (primary N) is 1. The van der Waals surface area contributed by atoms with Crippen LogP contribution in [-0.4, -0.2) is 12.6 Å². The summed E-state index contributed by atoms with van der Waals surface area (Å²) in [5, 5.41) is 5.63. The summed E-state index contributed by atoms with van der Waals surface area (Å²) in [4.78, 5) is 1.44. The lowest BCUT2D eigenvalue weighted by Gasteiger charge is -2.13. The molecule has 0 fully saturated rings. The van der Waals surface area contributed by atoms with Crippen LogP contribution in [0, 0.1) is 0 Å². The first-order chi connectivity index (χ1) is 9.29. The molecule has 0 aliphatic rings. The quantitative estimate of drug-likeness (QED) is 0.814. The summed E-state index contributed by atoms with van der Waals surface area (Å²) < 4.78 is 0. The van der Waals surface area contributed by atoms with Gasteiger partial charge in [0.1, 0.15) is 0 Å². The zero-order valence-corrected chi connectivity index (χ0v) is 12.2. The average molecular weight is 274 g/mol. The monoisotopic (exact) mass is 274 g/mol. The molecule has 0 saturated heterocycles. The summed E-state index contributed by atoms with van der Waals surface area (Å²) in [6, 6.07) is 12.8. The summed E-state index contributed by atoms with van der Waals surface area (Å²) in [6.07, 6.45) is 2.04. The van der Waals surface area contributed by atoms with E-state index >= 15 is 0 Å². The first-order valence-electron chi connectivity index (χ1n) is 6.85. The zero-order valence-electron chi connectivity index (χ0n) is 11.4. The van der Waals surface area contributed by atoms with Gasteiger partial charge in [0.05, 0.1) is 0 Å². The van der Waals surface area contributed by atoms with E-state index in [1.807, 2.05) is 17.4 Å². The third-order valence-electron chi connectivity index (χ3n) is 3.25. The highest BCUT2D eigenvalue weighted by atomic mass is 32.1. The Morgan fingerprint density at radius 1 is 1.21 bits per heavy atom. The smallest absolute Gasteiger partial charge is 0.0303 e. The molecule has 102 valence electrons. The van der Waals surface area contributed by atoms with E-state index in [4.69, 9.17) is 5.73 Å². The van der Waals surface area contributed by atoms with Gasteiger partial charge in [-0.1, -0.05) is 37.3 Å². The van der Waals surface area contributed by atoms with Gasteiger partial charge >= 0.3 is 0 Å². The minimum atomic E-state index is 0.174. The van der Waals surface area contributed by atoms with Crippen molar-refractivity contribution in [2.24, 2.45) is 5.73 Å². The Morgan fingerprint density at radius 3 is 2.74 bits per heavy atom. The number of hydrogen-bond acceptors (Lipinski definition) is 3. The second kappa shape index (κ2) is 7.43. The molecule has 0 aliphatic carbocycles. The van der Waals surface area contributed by atoms with Crippen molar-refractivity contribution >= 4 is 11.3 Å². The summed E-state index contributed by atoms with van der Waals surface area (Å²) in [7, 11) is 0. The minimum Gasteiger partial charge on any atom is -0.326 e.